The van der Waals surface area contributed by atoms with Crippen LogP contribution < -0.4 is 14.2 Å². The minimum absolute atomic E-state index is 0.322. The number of H-pyrrole nitrogens is 1. The van der Waals surface area contributed by atoms with Gasteiger partial charge in [0.1, 0.15) is 24.7 Å². The van der Waals surface area contributed by atoms with E-state index in [2.05, 4.69) is 21.6 Å². The van der Waals surface area contributed by atoms with Gasteiger partial charge in [-0.3, -0.25) is 0 Å². The molecule has 0 fully saturated rings. The van der Waals surface area contributed by atoms with Crippen molar-refractivity contribution < 1.29 is 19.0 Å². The molecule has 1 heterocycles. The van der Waals surface area contributed by atoms with Gasteiger partial charge < -0.3 is 28.9 Å². The summed E-state index contributed by atoms with van der Waals surface area (Å²) in [6, 6.07) is 9.95. The summed E-state index contributed by atoms with van der Waals surface area (Å²) in [7, 11) is 7.30. The van der Waals surface area contributed by atoms with Crippen LogP contribution in [0.2, 0.25) is 0 Å². The third-order valence-corrected chi connectivity index (χ3v) is 5.21. The van der Waals surface area contributed by atoms with Crippen molar-refractivity contribution in [2.45, 2.75) is 0 Å². The number of fused-ring (bicyclic) bond motifs is 5. The zero-order valence-electron chi connectivity index (χ0n) is 18.3. The van der Waals surface area contributed by atoms with Crippen LogP contribution in [0.3, 0.4) is 0 Å². The zero-order valence-corrected chi connectivity index (χ0v) is 18.3. The Bertz CT molecular complexity index is 1150. The molecule has 0 atom stereocenters. The van der Waals surface area contributed by atoms with Crippen molar-refractivity contribution in [1.82, 2.24) is 9.88 Å². The molecule has 0 unspecified atom stereocenters. The highest BCUT2D eigenvalue weighted by atomic mass is 16.6. The summed E-state index contributed by atoms with van der Waals surface area (Å²) in [5, 5.41) is 5.47. The van der Waals surface area contributed by atoms with Crippen molar-refractivity contribution in [2.24, 2.45) is 5.16 Å². The van der Waals surface area contributed by atoms with Gasteiger partial charge in [0, 0.05) is 34.1 Å². The number of hydrogen-bond acceptors (Lipinski definition) is 6. The van der Waals surface area contributed by atoms with E-state index >= 15 is 0 Å². The molecular formula is C24H27N3O4. The minimum atomic E-state index is 0.322. The molecule has 0 spiro atoms. The molecule has 1 aromatic heterocycles. The smallest absolute Gasteiger partial charge is 0.161 e. The third kappa shape index (κ3) is 3.84. The van der Waals surface area contributed by atoms with Gasteiger partial charge in [-0.2, -0.15) is 0 Å². The van der Waals surface area contributed by atoms with E-state index in [0.717, 1.165) is 51.3 Å². The van der Waals surface area contributed by atoms with Gasteiger partial charge >= 0.3 is 0 Å². The Hall–Kier alpha value is -3.45. The number of aromatic amines is 1. The van der Waals surface area contributed by atoms with Gasteiger partial charge in [-0.05, 0) is 44.4 Å². The zero-order chi connectivity index (χ0) is 22.0. The maximum absolute atomic E-state index is 5.96. The number of methoxy groups -OCH3 is 2. The van der Waals surface area contributed by atoms with Gasteiger partial charge in [0.05, 0.1) is 19.9 Å². The number of hydrogen-bond donors (Lipinski definition) is 1. The van der Waals surface area contributed by atoms with Crippen LogP contribution in [0, 0.1) is 0 Å². The Morgan fingerprint density at radius 1 is 1.06 bits per heavy atom. The molecule has 162 valence electrons. The van der Waals surface area contributed by atoms with E-state index in [-0.39, 0.29) is 0 Å². The maximum atomic E-state index is 5.96. The Morgan fingerprint density at radius 2 is 1.81 bits per heavy atom. The fourth-order valence-corrected chi connectivity index (χ4v) is 3.72. The predicted molar refractivity (Wildman–Crippen MR) is 123 cm³/mol. The monoisotopic (exact) mass is 421 g/mol. The molecule has 1 N–H and O–H groups in total. The van der Waals surface area contributed by atoms with E-state index < -0.39 is 0 Å². The second-order valence-corrected chi connectivity index (χ2v) is 7.51. The number of ether oxygens (including phenoxy) is 3. The lowest BCUT2D eigenvalue weighted by Gasteiger charge is -2.12. The Labute approximate surface area is 181 Å². The molecule has 3 aromatic rings. The van der Waals surface area contributed by atoms with Crippen LogP contribution in [0.4, 0.5) is 0 Å². The fraction of sp³-hybridized carbons (Fsp3) is 0.292. The highest BCUT2D eigenvalue weighted by molar-refractivity contribution is 6.30. The van der Waals surface area contributed by atoms with Crippen LogP contribution in [0.25, 0.3) is 22.2 Å². The Balaban J connectivity index is 1.84. The lowest BCUT2D eigenvalue weighted by molar-refractivity contribution is 0.175. The van der Waals surface area contributed by atoms with E-state index in [1.165, 1.54) is 0 Å². The summed E-state index contributed by atoms with van der Waals surface area (Å²) in [4.78, 5) is 11.1. The van der Waals surface area contributed by atoms with Crippen LogP contribution in [0.5, 0.6) is 17.2 Å². The van der Waals surface area contributed by atoms with Crippen LogP contribution in [-0.2, 0) is 4.84 Å². The van der Waals surface area contributed by atoms with Gasteiger partial charge in [0.25, 0.3) is 0 Å². The van der Waals surface area contributed by atoms with Crippen molar-refractivity contribution in [3.63, 3.8) is 0 Å². The van der Waals surface area contributed by atoms with E-state index in [9.17, 15) is 0 Å². The fourth-order valence-electron chi connectivity index (χ4n) is 3.72. The molecule has 0 radical (unpaired) electrons. The summed E-state index contributed by atoms with van der Waals surface area (Å²) in [6.07, 6.45) is 1.67. The summed E-state index contributed by atoms with van der Waals surface area (Å²) < 4.78 is 17.0. The standard InChI is InChI=1S/C24H27N3O4/c1-6-10-31-26-24-17-14-21(29-5)20(28-4)13-16(17)23-22(24)18-12-15(7-8-19(18)25-23)30-11-9-27(2)3/h6-8,12-14,25H,1,9-11H2,2-5H3/b26-24-. The summed E-state index contributed by atoms with van der Waals surface area (Å²) in [5.74, 6) is 2.11. The van der Waals surface area contributed by atoms with Crippen molar-refractivity contribution in [1.29, 1.82) is 0 Å². The topological polar surface area (TPSA) is 68.3 Å². The van der Waals surface area contributed by atoms with E-state index in [0.29, 0.717) is 24.7 Å². The quantitative estimate of drug-likeness (QED) is 0.251. The van der Waals surface area contributed by atoms with Crippen LogP contribution in [0.15, 0.2) is 48.1 Å². The lowest BCUT2D eigenvalue weighted by atomic mass is 10.1. The van der Waals surface area contributed by atoms with E-state index in [1.54, 1.807) is 20.3 Å². The number of likely N-dealkylation sites (N-methyl/N-ethyl adjacent to an activating group) is 1. The van der Waals surface area contributed by atoms with Gasteiger partial charge in [-0.1, -0.05) is 17.8 Å². The number of nitrogens with one attached hydrogen (secondary N) is 1. The van der Waals surface area contributed by atoms with Gasteiger partial charge in [0.15, 0.2) is 11.5 Å². The van der Waals surface area contributed by atoms with Crippen LogP contribution in [-0.4, -0.2) is 63.7 Å². The van der Waals surface area contributed by atoms with Gasteiger partial charge in [-0.15, -0.1) is 0 Å². The van der Waals surface area contributed by atoms with Crippen molar-refractivity contribution in [2.75, 3.05) is 48.1 Å². The molecule has 7 heteroatoms. The first-order valence-electron chi connectivity index (χ1n) is 10.1. The summed E-state index contributed by atoms with van der Waals surface area (Å²) in [5.41, 5.74) is 5.59. The average molecular weight is 421 g/mol. The van der Waals surface area contributed by atoms with Crippen LogP contribution in [0.1, 0.15) is 11.1 Å². The summed E-state index contributed by atoms with van der Waals surface area (Å²) in [6.45, 7) is 5.48. The number of oxime groups is 1. The van der Waals surface area contributed by atoms with E-state index in [4.69, 9.17) is 19.0 Å². The van der Waals surface area contributed by atoms with Gasteiger partial charge in [-0.25, -0.2) is 0 Å². The number of aromatic nitrogens is 1. The number of rotatable bonds is 9. The lowest BCUT2D eigenvalue weighted by Crippen LogP contribution is -2.19. The molecule has 0 bridgehead atoms. The summed E-state index contributed by atoms with van der Waals surface area (Å²) >= 11 is 0. The second kappa shape index (κ2) is 8.73. The SMILES string of the molecule is C=CCO/N=C1/c2cc(OC)c(OC)cc2-c2[nH]c3ccc(OCCN(C)C)cc3c21. The highest BCUT2D eigenvalue weighted by Crippen LogP contribution is 2.45. The molecule has 31 heavy (non-hydrogen) atoms. The first-order chi connectivity index (χ1) is 15.1. The molecule has 4 rings (SSSR count). The second-order valence-electron chi connectivity index (χ2n) is 7.51. The molecule has 7 nitrogen and oxygen atoms in total. The number of nitrogens with zero attached hydrogens (tertiary/aromatic N) is 2. The minimum Gasteiger partial charge on any atom is -0.493 e. The van der Waals surface area contributed by atoms with Crippen molar-refractivity contribution >= 4 is 16.6 Å². The molecule has 0 saturated carbocycles. The Morgan fingerprint density at radius 3 is 2.48 bits per heavy atom. The first-order valence-corrected chi connectivity index (χ1v) is 10.1. The first kappa shape index (κ1) is 20.8. The van der Waals surface area contributed by atoms with Crippen molar-refractivity contribution in [3.8, 4) is 28.5 Å². The maximum Gasteiger partial charge on any atom is 0.161 e. The van der Waals surface area contributed by atoms with Crippen LogP contribution >= 0.6 is 0 Å². The average Bonchev–Trinajstić information content (AvgIpc) is 3.27. The molecule has 0 amide bonds. The molecule has 0 aliphatic heterocycles. The van der Waals surface area contributed by atoms with Gasteiger partial charge in [0.2, 0.25) is 0 Å². The van der Waals surface area contributed by atoms with E-state index in [1.807, 2.05) is 44.4 Å². The normalized spacial score (nSPS) is 13.4. The third-order valence-electron chi connectivity index (χ3n) is 5.21. The Kier molecular flexibility index (Phi) is 5.86. The largest absolute Gasteiger partial charge is 0.493 e. The molecule has 2 aromatic carbocycles. The molecule has 1 aliphatic rings. The van der Waals surface area contributed by atoms with Crippen molar-refractivity contribution in [3.05, 3.63) is 54.1 Å². The molecule has 0 saturated heterocycles. The molecular weight excluding hydrogens is 394 g/mol. The molecule has 1 aliphatic carbocycles. The number of benzene rings is 2. The highest BCUT2D eigenvalue weighted by Gasteiger charge is 2.32. The predicted octanol–water partition coefficient (Wildman–Crippen LogP) is 4.06.